The molecule has 7 nitrogen and oxygen atoms in total. The normalized spacial score (nSPS) is 20.3. The van der Waals surface area contributed by atoms with Crippen molar-refractivity contribution in [3.05, 3.63) is 41.2 Å². The zero-order chi connectivity index (χ0) is 17.1. The summed E-state index contributed by atoms with van der Waals surface area (Å²) in [5.74, 6) is 1.77. The van der Waals surface area contributed by atoms with E-state index in [-0.39, 0.29) is 17.9 Å². The highest BCUT2D eigenvalue weighted by molar-refractivity contribution is 5.78. The van der Waals surface area contributed by atoms with Crippen LogP contribution in [-0.2, 0) is 16.0 Å². The number of amides is 1. The molecule has 1 fully saturated rings. The second-order valence-corrected chi connectivity index (χ2v) is 6.28. The summed E-state index contributed by atoms with van der Waals surface area (Å²) >= 11 is 0. The number of nitrogens with one attached hydrogen (secondary N) is 1. The van der Waals surface area contributed by atoms with Crippen molar-refractivity contribution in [1.82, 2.24) is 25.1 Å². The quantitative estimate of drug-likeness (QED) is 0.896. The Labute approximate surface area is 141 Å². The lowest BCUT2D eigenvalue weighted by atomic mass is 10.00. The molecule has 0 bridgehead atoms. The summed E-state index contributed by atoms with van der Waals surface area (Å²) in [6.45, 7) is 5.01. The molecule has 0 saturated carbocycles. The molecule has 0 radical (unpaired) electrons. The van der Waals surface area contributed by atoms with Gasteiger partial charge in [-0.05, 0) is 31.9 Å². The second kappa shape index (κ2) is 7.09. The zero-order valence-corrected chi connectivity index (χ0v) is 14.3. The minimum atomic E-state index is -0.0656. The summed E-state index contributed by atoms with van der Waals surface area (Å²) in [5.41, 5.74) is 1.85. The maximum atomic E-state index is 12.5. The molecule has 0 unspecified atom stereocenters. The molecule has 0 aromatic carbocycles. The summed E-state index contributed by atoms with van der Waals surface area (Å²) in [7, 11) is 1.82. The molecule has 7 heteroatoms. The molecule has 24 heavy (non-hydrogen) atoms. The fourth-order valence-electron chi connectivity index (χ4n) is 3.02. The highest BCUT2D eigenvalue weighted by atomic mass is 16.5. The van der Waals surface area contributed by atoms with Gasteiger partial charge in [-0.15, -0.1) is 0 Å². The number of ether oxygens (including phenoxy) is 1. The molecule has 1 aliphatic heterocycles. The summed E-state index contributed by atoms with van der Waals surface area (Å²) < 4.78 is 5.82. The molecule has 0 aliphatic carbocycles. The number of aryl methyl sites for hydroxylation is 2. The Morgan fingerprint density at radius 2 is 2.29 bits per heavy atom. The predicted octanol–water partition coefficient (Wildman–Crippen LogP) is 1.39. The summed E-state index contributed by atoms with van der Waals surface area (Å²) in [4.78, 5) is 22.9. The highest BCUT2D eigenvalue weighted by Gasteiger charge is 2.34. The van der Waals surface area contributed by atoms with Crippen LogP contribution < -0.4 is 0 Å². The lowest BCUT2D eigenvalue weighted by molar-refractivity contribution is -0.130. The Hall–Kier alpha value is -2.28. The Morgan fingerprint density at radius 3 is 3.00 bits per heavy atom. The number of likely N-dealkylation sites (N-methyl/N-ethyl adjacent to an activating group) is 1. The van der Waals surface area contributed by atoms with Gasteiger partial charge in [0.1, 0.15) is 5.82 Å². The van der Waals surface area contributed by atoms with Crippen molar-refractivity contribution in [3.8, 4) is 0 Å². The Balaban J connectivity index is 1.62. The summed E-state index contributed by atoms with van der Waals surface area (Å²) in [6.07, 6.45) is 2.91. The van der Waals surface area contributed by atoms with E-state index in [0.717, 1.165) is 29.3 Å². The SMILES string of the molecule is Cc1nc([C@@H]2CCO[C@@H]2CN(C)C(=O)Cc2cccnc2C)n[nH]1. The van der Waals surface area contributed by atoms with Crippen LogP contribution in [0.4, 0.5) is 0 Å². The van der Waals surface area contributed by atoms with Gasteiger partial charge >= 0.3 is 0 Å². The van der Waals surface area contributed by atoms with Gasteiger partial charge in [-0.25, -0.2) is 4.98 Å². The van der Waals surface area contributed by atoms with Crippen molar-refractivity contribution >= 4 is 5.91 Å². The maximum Gasteiger partial charge on any atom is 0.226 e. The molecule has 128 valence electrons. The average molecular weight is 329 g/mol. The fourth-order valence-corrected chi connectivity index (χ4v) is 3.02. The molecule has 1 aliphatic rings. The molecule has 1 N–H and O–H groups in total. The van der Waals surface area contributed by atoms with E-state index in [0.29, 0.717) is 19.6 Å². The van der Waals surface area contributed by atoms with E-state index in [1.165, 1.54) is 0 Å². The Kier molecular flexibility index (Phi) is 4.89. The fraction of sp³-hybridized carbons (Fsp3) is 0.529. The van der Waals surface area contributed by atoms with Crippen LogP contribution in [0.25, 0.3) is 0 Å². The molecule has 2 atom stereocenters. The van der Waals surface area contributed by atoms with Crippen LogP contribution in [0.5, 0.6) is 0 Å². The molecular weight excluding hydrogens is 306 g/mol. The number of aromatic nitrogens is 4. The molecule has 1 saturated heterocycles. The van der Waals surface area contributed by atoms with Crippen molar-refractivity contribution in [3.63, 3.8) is 0 Å². The van der Waals surface area contributed by atoms with Crippen LogP contribution in [0.3, 0.4) is 0 Å². The van der Waals surface area contributed by atoms with E-state index >= 15 is 0 Å². The third-order valence-corrected chi connectivity index (χ3v) is 4.49. The monoisotopic (exact) mass is 329 g/mol. The van der Waals surface area contributed by atoms with E-state index in [1.807, 2.05) is 33.0 Å². The molecule has 3 rings (SSSR count). The van der Waals surface area contributed by atoms with E-state index < -0.39 is 0 Å². The van der Waals surface area contributed by atoms with Crippen molar-refractivity contribution in [2.75, 3.05) is 20.2 Å². The van der Waals surface area contributed by atoms with E-state index in [4.69, 9.17) is 4.74 Å². The van der Waals surface area contributed by atoms with Crippen LogP contribution in [-0.4, -0.2) is 57.3 Å². The maximum absolute atomic E-state index is 12.5. The summed E-state index contributed by atoms with van der Waals surface area (Å²) in [6, 6.07) is 3.80. The molecule has 2 aromatic rings. The number of nitrogens with zero attached hydrogens (tertiary/aromatic N) is 4. The van der Waals surface area contributed by atoms with Gasteiger partial charge in [-0.2, -0.15) is 5.10 Å². The lowest BCUT2D eigenvalue weighted by Crippen LogP contribution is -2.37. The number of carbonyl (C=O) groups excluding carboxylic acids is 1. The van der Waals surface area contributed by atoms with Crippen molar-refractivity contribution in [1.29, 1.82) is 0 Å². The van der Waals surface area contributed by atoms with Gasteiger partial charge in [0.05, 0.1) is 18.4 Å². The van der Waals surface area contributed by atoms with Gasteiger partial charge in [0, 0.05) is 32.1 Å². The number of pyridine rings is 1. The highest BCUT2D eigenvalue weighted by Crippen LogP contribution is 2.29. The number of carbonyl (C=O) groups is 1. The number of rotatable bonds is 5. The van der Waals surface area contributed by atoms with Gasteiger partial charge in [-0.3, -0.25) is 14.9 Å². The second-order valence-electron chi connectivity index (χ2n) is 6.28. The largest absolute Gasteiger partial charge is 0.376 e. The minimum Gasteiger partial charge on any atom is -0.376 e. The van der Waals surface area contributed by atoms with Gasteiger partial charge in [0.25, 0.3) is 0 Å². The molecule has 1 amide bonds. The topological polar surface area (TPSA) is 84.0 Å². The Bertz CT molecular complexity index is 715. The smallest absolute Gasteiger partial charge is 0.226 e. The van der Waals surface area contributed by atoms with Crippen molar-refractivity contribution in [2.24, 2.45) is 0 Å². The number of hydrogen-bond donors (Lipinski definition) is 1. The van der Waals surface area contributed by atoms with Crippen LogP contribution in [0.15, 0.2) is 18.3 Å². The first-order chi connectivity index (χ1) is 11.5. The predicted molar refractivity (Wildman–Crippen MR) is 88.5 cm³/mol. The third-order valence-electron chi connectivity index (χ3n) is 4.49. The zero-order valence-electron chi connectivity index (χ0n) is 14.3. The minimum absolute atomic E-state index is 0.0616. The summed E-state index contributed by atoms with van der Waals surface area (Å²) in [5, 5.41) is 7.13. The van der Waals surface area contributed by atoms with Crippen molar-refractivity contribution < 1.29 is 9.53 Å². The lowest BCUT2D eigenvalue weighted by Gasteiger charge is -2.24. The first kappa shape index (κ1) is 16.6. The van der Waals surface area contributed by atoms with Gasteiger partial charge in [0.2, 0.25) is 5.91 Å². The number of hydrogen-bond acceptors (Lipinski definition) is 5. The molecule has 3 heterocycles. The van der Waals surface area contributed by atoms with Gasteiger partial charge in [-0.1, -0.05) is 6.07 Å². The first-order valence-electron chi connectivity index (χ1n) is 8.19. The molecule has 0 spiro atoms. The van der Waals surface area contributed by atoms with Crippen LogP contribution in [0, 0.1) is 13.8 Å². The average Bonchev–Trinajstić information content (AvgIpc) is 3.18. The molecular formula is C17H23N5O2. The third kappa shape index (κ3) is 3.62. The number of aromatic amines is 1. The Morgan fingerprint density at radius 1 is 1.46 bits per heavy atom. The van der Waals surface area contributed by atoms with Gasteiger partial charge in [0.15, 0.2) is 5.82 Å². The van der Waals surface area contributed by atoms with E-state index in [2.05, 4.69) is 20.2 Å². The van der Waals surface area contributed by atoms with E-state index in [9.17, 15) is 4.79 Å². The van der Waals surface area contributed by atoms with Crippen LogP contribution in [0.2, 0.25) is 0 Å². The first-order valence-corrected chi connectivity index (χ1v) is 8.19. The molecule has 2 aromatic heterocycles. The van der Waals surface area contributed by atoms with Crippen LogP contribution in [0.1, 0.15) is 35.2 Å². The number of H-pyrrole nitrogens is 1. The van der Waals surface area contributed by atoms with Crippen LogP contribution >= 0.6 is 0 Å². The van der Waals surface area contributed by atoms with E-state index in [1.54, 1.807) is 11.1 Å². The standard InChI is InChI=1S/C17H23N5O2/c1-11-13(5-4-7-18-11)9-16(23)22(3)10-15-14(6-8-24-15)17-19-12(2)20-21-17/h4-5,7,14-15H,6,8-10H2,1-3H3,(H,19,20,21)/t14-,15-/m1/s1. The van der Waals surface area contributed by atoms with Crippen molar-refractivity contribution in [2.45, 2.75) is 38.7 Å². The van der Waals surface area contributed by atoms with Gasteiger partial charge < -0.3 is 9.64 Å².